The highest BCUT2D eigenvalue weighted by Crippen LogP contribution is 2.40. The quantitative estimate of drug-likeness (QED) is 0.189. The van der Waals surface area contributed by atoms with E-state index in [0.717, 1.165) is 12.1 Å². The Morgan fingerprint density at radius 1 is 0.675 bits per heavy atom. The number of benzene rings is 2. The summed E-state index contributed by atoms with van der Waals surface area (Å²) in [6.45, 7) is 3.22. The Balaban J connectivity index is 1.61. The smallest absolute Gasteiger partial charge is 0.398 e. The second-order valence-corrected chi connectivity index (χ2v) is 9.33. The molecule has 0 aliphatic rings. The second kappa shape index (κ2) is 10.6. The number of nitrogens with two attached hydrogens (primary N) is 2. The molecule has 5 nitrogen and oxygen atoms in total. The number of hydrogen-bond acceptors (Lipinski definition) is 5. The molecular weight excluding hydrogens is 534 g/mol. The van der Waals surface area contributed by atoms with E-state index >= 15 is 0 Å². The SMILES string of the molecule is CC(C(=O)C(C)c1ccc(-c2ncccc2C(F)(F)F)cc1N)c1ccc(-c2ncccc2C(F)(F)F)cc1N. The Bertz CT molecular complexity index is 1450. The number of nitrogen functional groups attached to an aromatic ring is 2. The van der Waals surface area contributed by atoms with Gasteiger partial charge in [0, 0.05) is 46.7 Å². The molecular formula is C29H24F6N4O. The van der Waals surface area contributed by atoms with E-state index in [9.17, 15) is 31.1 Å². The van der Waals surface area contributed by atoms with Crippen LogP contribution in [0, 0.1) is 0 Å². The maximum Gasteiger partial charge on any atom is 0.418 e. The predicted octanol–water partition coefficient (Wildman–Crippen LogP) is 7.49. The van der Waals surface area contributed by atoms with Gasteiger partial charge in [0.2, 0.25) is 0 Å². The lowest BCUT2D eigenvalue weighted by Crippen LogP contribution is -2.19. The molecule has 0 saturated heterocycles. The molecule has 0 aliphatic carbocycles. The normalized spacial score (nSPS) is 13.6. The molecule has 0 aliphatic heterocycles. The van der Waals surface area contributed by atoms with Crippen LogP contribution < -0.4 is 11.5 Å². The topological polar surface area (TPSA) is 94.9 Å². The van der Waals surface area contributed by atoms with Crippen LogP contribution in [0.1, 0.15) is 47.9 Å². The standard InChI is InChI=1S/C29H24F6N4O/c1-15(19-9-7-17(13-23(19)36)25-21(28(30,31)32)5-3-11-38-25)27(40)16(2)20-10-8-18(14-24(20)37)26-22(29(33,34)35)6-4-12-39-26/h3-16H,36-37H2,1-2H3. The highest BCUT2D eigenvalue weighted by Gasteiger charge is 2.35. The number of halogens is 6. The molecule has 0 radical (unpaired) electrons. The van der Waals surface area contributed by atoms with Gasteiger partial charge >= 0.3 is 12.4 Å². The summed E-state index contributed by atoms with van der Waals surface area (Å²) in [7, 11) is 0. The van der Waals surface area contributed by atoms with Crippen LogP contribution in [0.15, 0.2) is 73.1 Å². The zero-order valence-electron chi connectivity index (χ0n) is 21.3. The van der Waals surface area contributed by atoms with Gasteiger partial charge in [0.1, 0.15) is 5.78 Å². The first-order valence-corrected chi connectivity index (χ1v) is 12.1. The van der Waals surface area contributed by atoms with Crippen LogP contribution in [-0.4, -0.2) is 15.8 Å². The molecule has 0 spiro atoms. The number of Topliss-reactive ketones (excluding diaryl/α,β-unsaturated/α-hetero) is 1. The molecule has 2 aromatic heterocycles. The number of carbonyl (C=O) groups excluding carboxylic acids is 1. The van der Waals surface area contributed by atoms with Crippen LogP contribution in [0.4, 0.5) is 37.7 Å². The molecule has 4 aromatic rings. The van der Waals surface area contributed by atoms with E-state index in [0.29, 0.717) is 11.1 Å². The van der Waals surface area contributed by atoms with Gasteiger partial charge in [0.25, 0.3) is 0 Å². The summed E-state index contributed by atoms with van der Waals surface area (Å²) in [6, 6.07) is 12.7. The molecule has 0 saturated carbocycles. The van der Waals surface area contributed by atoms with E-state index in [4.69, 9.17) is 11.5 Å². The van der Waals surface area contributed by atoms with E-state index in [1.165, 1.54) is 60.9 Å². The maximum absolute atomic E-state index is 13.4. The lowest BCUT2D eigenvalue weighted by molar-refractivity contribution is -0.138. The van der Waals surface area contributed by atoms with Gasteiger partial charge in [0.05, 0.1) is 22.5 Å². The van der Waals surface area contributed by atoms with Gasteiger partial charge in [-0.3, -0.25) is 14.8 Å². The third-order valence-electron chi connectivity index (χ3n) is 6.73. The van der Waals surface area contributed by atoms with Crippen LogP contribution in [0.2, 0.25) is 0 Å². The van der Waals surface area contributed by atoms with E-state index < -0.39 is 35.3 Å². The Kier molecular flexibility index (Phi) is 7.60. The van der Waals surface area contributed by atoms with Gasteiger partial charge < -0.3 is 11.5 Å². The average molecular weight is 559 g/mol. The maximum atomic E-state index is 13.4. The van der Waals surface area contributed by atoms with Crippen molar-refractivity contribution in [1.29, 1.82) is 0 Å². The summed E-state index contributed by atoms with van der Waals surface area (Å²) in [5.74, 6) is -1.82. The van der Waals surface area contributed by atoms with Crippen molar-refractivity contribution < 1.29 is 31.1 Å². The molecule has 0 amide bonds. The fourth-order valence-electron chi connectivity index (χ4n) is 4.64. The van der Waals surface area contributed by atoms with Gasteiger partial charge in [-0.15, -0.1) is 0 Å². The molecule has 2 atom stereocenters. The molecule has 40 heavy (non-hydrogen) atoms. The van der Waals surface area contributed by atoms with Crippen LogP contribution >= 0.6 is 0 Å². The van der Waals surface area contributed by atoms with Gasteiger partial charge in [-0.2, -0.15) is 26.3 Å². The van der Waals surface area contributed by atoms with Crippen molar-refractivity contribution in [3.63, 3.8) is 0 Å². The zero-order chi connectivity index (χ0) is 29.4. The summed E-state index contributed by atoms with van der Waals surface area (Å²) in [5.41, 5.74) is 11.3. The van der Waals surface area contributed by atoms with Crippen molar-refractivity contribution >= 4 is 17.2 Å². The molecule has 11 heteroatoms. The van der Waals surface area contributed by atoms with Crippen LogP contribution in [-0.2, 0) is 17.1 Å². The first kappa shape index (κ1) is 28.6. The van der Waals surface area contributed by atoms with Crippen molar-refractivity contribution in [3.8, 4) is 22.5 Å². The Morgan fingerprint density at radius 2 is 1.05 bits per heavy atom. The molecule has 4 N–H and O–H groups in total. The van der Waals surface area contributed by atoms with Crippen molar-refractivity contribution in [2.75, 3.05) is 11.5 Å². The van der Waals surface area contributed by atoms with Crippen molar-refractivity contribution in [2.45, 2.75) is 38.0 Å². The number of aromatic nitrogens is 2. The molecule has 208 valence electrons. The lowest BCUT2D eigenvalue weighted by Gasteiger charge is -2.21. The van der Waals surface area contributed by atoms with Crippen molar-refractivity contribution in [3.05, 3.63) is 95.3 Å². The van der Waals surface area contributed by atoms with Crippen molar-refractivity contribution in [1.82, 2.24) is 9.97 Å². The van der Waals surface area contributed by atoms with Crippen molar-refractivity contribution in [2.24, 2.45) is 0 Å². The monoisotopic (exact) mass is 558 g/mol. The minimum Gasteiger partial charge on any atom is -0.398 e. The number of nitrogens with zero attached hydrogens (tertiary/aromatic N) is 2. The minimum atomic E-state index is -4.61. The molecule has 2 aromatic carbocycles. The number of anilines is 2. The Labute approximate surface area is 225 Å². The fourth-order valence-corrected chi connectivity index (χ4v) is 4.64. The number of hydrogen-bond donors (Lipinski definition) is 2. The van der Waals surface area contributed by atoms with Crippen LogP contribution in [0.3, 0.4) is 0 Å². The first-order chi connectivity index (χ1) is 18.7. The number of carbonyl (C=O) groups is 1. The highest BCUT2D eigenvalue weighted by atomic mass is 19.4. The predicted molar refractivity (Wildman–Crippen MR) is 140 cm³/mol. The van der Waals surface area contributed by atoms with Crippen LogP contribution in [0.5, 0.6) is 0 Å². The molecule has 2 heterocycles. The molecule has 4 rings (SSSR count). The number of ketones is 1. The third-order valence-corrected chi connectivity index (χ3v) is 6.73. The molecule has 0 bridgehead atoms. The van der Waals surface area contributed by atoms with E-state index in [1.54, 1.807) is 13.8 Å². The number of rotatable bonds is 6. The van der Waals surface area contributed by atoms with E-state index in [1.807, 2.05) is 0 Å². The summed E-state index contributed by atoms with van der Waals surface area (Å²) < 4.78 is 80.7. The Morgan fingerprint density at radius 3 is 1.38 bits per heavy atom. The summed E-state index contributed by atoms with van der Waals surface area (Å²) in [6.07, 6.45) is -6.74. The highest BCUT2D eigenvalue weighted by molar-refractivity contribution is 5.94. The largest absolute Gasteiger partial charge is 0.418 e. The number of pyridine rings is 2. The second-order valence-electron chi connectivity index (χ2n) is 9.33. The van der Waals surface area contributed by atoms with Crippen LogP contribution in [0.25, 0.3) is 22.5 Å². The van der Waals surface area contributed by atoms with E-state index in [-0.39, 0.29) is 39.7 Å². The summed E-state index contributed by atoms with van der Waals surface area (Å²) in [5, 5.41) is 0. The summed E-state index contributed by atoms with van der Waals surface area (Å²) in [4.78, 5) is 21.1. The lowest BCUT2D eigenvalue weighted by atomic mass is 9.83. The van der Waals surface area contributed by atoms with Gasteiger partial charge in [0.15, 0.2) is 0 Å². The minimum absolute atomic E-state index is 0.113. The van der Waals surface area contributed by atoms with Gasteiger partial charge in [-0.05, 0) is 47.5 Å². The Hall–Kier alpha value is -4.41. The van der Waals surface area contributed by atoms with Gasteiger partial charge in [-0.1, -0.05) is 38.1 Å². The molecule has 0 fully saturated rings. The van der Waals surface area contributed by atoms with Gasteiger partial charge in [-0.25, -0.2) is 0 Å². The third kappa shape index (κ3) is 5.63. The summed E-state index contributed by atoms with van der Waals surface area (Å²) >= 11 is 0. The van der Waals surface area contributed by atoms with E-state index in [2.05, 4.69) is 9.97 Å². The average Bonchev–Trinajstić information content (AvgIpc) is 2.91. The molecule has 2 unspecified atom stereocenters. The number of alkyl halides is 6. The zero-order valence-corrected chi connectivity index (χ0v) is 21.3. The fraction of sp³-hybridized carbons (Fsp3) is 0.207. The first-order valence-electron chi connectivity index (χ1n) is 12.1.